The van der Waals surface area contributed by atoms with Gasteiger partial charge in [-0.05, 0) is 85.7 Å². The lowest BCUT2D eigenvalue weighted by atomic mass is 9.98. The fourth-order valence-corrected chi connectivity index (χ4v) is 5.73. The number of rotatable bonds is 5. The summed E-state index contributed by atoms with van der Waals surface area (Å²) in [6, 6.07) is 40.3. The second-order valence-corrected chi connectivity index (χ2v) is 11.5. The molecule has 7 aromatic rings. The number of nitrogens with zero attached hydrogens (tertiary/aromatic N) is 4. The van der Waals surface area contributed by atoms with Crippen LogP contribution in [0.4, 0.5) is 0 Å². The summed E-state index contributed by atoms with van der Waals surface area (Å²) >= 11 is 0. The third-order valence-electron chi connectivity index (χ3n) is 8.17. The summed E-state index contributed by atoms with van der Waals surface area (Å²) in [5.41, 5.74) is 11.8. The minimum Gasteiger partial charge on any atom is -0.256 e. The Morgan fingerprint density at radius 3 is 1.64 bits per heavy atom. The highest BCUT2D eigenvalue weighted by molar-refractivity contribution is 5.95. The van der Waals surface area contributed by atoms with Crippen LogP contribution in [0.1, 0.15) is 22.3 Å². The summed E-state index contributed by atoms with van der Waals surface area (Å²) in [6.07, 6.45) is 1.88. The highest BCUT2D eigenvalue weighted by atomic mass is 15.0. The molecule has 44 heavy (non-hydrogen) atoms. The molecule has 0 unspecified atom stereocenters. The van der Waals surface area contributed by atoms with E-state index in [-0.39, 0.29) is 0 Å². The molecule has 0 atom stereocenters. The first kappa shape index (κ1) is 27.4. The molecule has 212 valence electrons. The number of hydrogen-bond acceptors (Lipinski definition) is 4. The zero-order chi connectivity index (χ0) is 30.2. The van der Waals surface area contributed by atoms with Crippen molar-refractivity contribution >= 4 is 10.8 Å². The van der Waals surface area contributed by atoms with Gasteiger partial charge in [-0.1, -0.05) is 96.1 Å². The van der Waals surface area contributed by atoms with E-state index in [0.717, 1.165) is 55.6 Å². The molecule has 4 heteroatoms. The van der Waals surface area contributed by atoms with E-state index in [1.54, 1.807) is 0 Å². The molecule has 0 saturated heterocycles. The van der Waals surface area contributed by atoms with Crippen molar-refractivity contribution in [3.05, 3.63) is 144 Å². The third-order valence-corrected chi connectivity index (χ3v) is 8.17. The summed E-state index contributed by atoms with van der Waals surface area (Å²) < 4.78 is 0. The molecule has 0 aliphatic carbocycles. The number of aromatic nitrogens is 4. The van der Waals surface area contributed by atoms with Crippen LogP contribution in [-0.2, 0) is 0 Å². The first-order valence-electron chi connectivity index (χ1n) is 14.9. The van der Waals surface area contributed by atoms with Gasteiger partial charge in [0.2, 0.25) is 0 Å². The fourth-order valence-electron chi connectivity index (χ4n) is 5.73. The predicted molar refractivity (Wildman–Crippen MR) is 181 cm³/mol. The van der Waals surface area contributed by atoms with E-state index in [4.69, 9.17) is 19.9 Å². The van der Waals surface area contributed by atoms with Crippen LogP contribution < -0.4 is 0 Å². The van der Waals surface area contributed by atoms with Gasteiger partial charge >= 0.3 is 0 Å². The number of benzene rings is 5. The Morgan fingerprint density at radius 1 is 0.432 bits per heavy atom. The Labute approximate surface area is 258 Å². The number of hydrogen-bond donors (Lipinski definition) is 0. The van der Waals surface area contributed by atoms with Gasteiger partial charge < -0.3 is 0 Å². The lowest BCUT2D eigenvalue weighted by Crippen LogP contribution is -2.02. The van der Waals surface area contributed by atoms with Crippen LogP contribution in [-0.4, -0.2) is 19.9 Å². The van der Waals surface area contributed by atoms with E-state index in [2.05, 4.69) is 143 Å². The number of pyridine rings is 1. The van der Waals surface area contributed by atoms with Gasteiger partial charge in [0, 0.05) is 33.8 Å². The van der Waals surface area contributed by atoms with Crippen molar-refractivity contribution in [1.82, 2.24) is 19.9 Å². The van der Waals surface area contributed by atoms with E-state index in [1.807, 2.05) is 6.20 Å². The van der Waals surface area contributed by atoms with Gasteiger partial charge in [0.1, 0.15) is 0 Å². The van der Waals surface area contributed by atoms with Crippen LogP contribution in [0.25, 0.3) is 67.3 Å². The van der Waals surface area contributed by atoms with E-state index in [9.17, 15) is 0 Å². The summed E-state index contributed by atoms with van der Waals surface area (Å²) in [4.78, 5) is 19.9. The second-order valence-electron chi connectivity index (χ2n) is 11.5. The van der Waals surface area contributed by atoms with Crippen molar-refractivity contribution in [1.29, 1.82) is 0 Å². The van der Waals surface area contributed by atoms with Crippen LogP contribution in [0.3, 0.4) is 0 Å². The average Bonchev–Trinajstić information content (AvgIpc) is 3.06. The topological polar surface area (TPSA) is 51.6 Å². The first-order chi connectivity index (χ1) is 21.4. The number of fused-ring (bicyclic) bond motifs is 1. The van der Waals surface area contributed by atoms with Gasteiger partial charge in [-0.2, -0.15) is 0 Å². The molecule has 4 nitrogen and oxygen atoms in total. The van der Waals surface area contributed by atoms with Gasteiger partial charge in [-0.25, -0.2) is 15.0 Å². The minimum absolute atomic E-state index is 0.653. The Balaban J connectivity index is 1.36. The van der Waals surface area contributed by atoms with Gasteiger partial charge in [0.15, 0.2) is 17.5 Å². The fraction of sp³-hybridized carbons (Fsp3) is 0.100. The van der Waals surface area contributed by atoms with Crippen LogP contribution in [0.2, 0.25) is 0 Å². The van der Waals surface area contributed by atoms with Gasteiger partial charge in [-0.3, -0.25) is 4.98 Å². The highest BCUT2D eigenvalue weighted by Crippen LogP contribution is 2.33. The molecule has 2 heterocycles. The van der Waals surface area contributed by atoms with Crippen molar-refractivity contribution in [2.45, 2.75) is 27.7 Å². The molecule has 0 aliphatic heterocycles. The third kappa shape index (κ3) is 5.27. The quantitative estimate of drug-likeness (QED) is 0.207. The lowest BCUT2D eigenvalue weighted by molar-refractivity contribution is 1.07. The highest BCUT2D eigenvalue weighted by Gasteiger charge is 2.16. The van der Waals surface area contributed by atoms with Crippen LogP contribution in [0.5, 0.6) is 0 Å². The normalized spacial score (nSPS) is 11.2. The molecule has 7 rings (SSSR count). The molecule has 5 aromatic carbocycles. The molecule has 0 amide bonds. The van der Waals surface area contributed by atoms with Gasteiger partial charge in [0.05, 0.1) is 5.69 Å². The summed E-state index contributed by atoms with van der Waals surface area (Å²) in [6.45, 7) is 8.41. The SMILES string of the molecule is Cc1ccc(C)c(-c2nc(-c3cccc(-c4cccc(-c5nccc6ccccc56)c4)c3)nc(-c3cc(C)ccc3C)n2)c1. The van der Waals surface area contributed by atoms with E-state index >= 15 is 0 Å². The Kier molecular flexibility index (Phi) is 7.03. The van der Waals surface area contributed by atoms with Crippen molar-refractivity contribution in [3.8, 4) is 56.5 Å². The monoisotopic (exact) mass is 568 g/mol. The minimum atomic E-state index is 0.653. The molecule has 0 fully saturated rings. The number of aryl methyl sites for hydroxylation is 4. The van der Waals surface area contributed by atoms with Crippen LogP contribution >= 0.6 is 0 Å². The van der Waals surface area contributed by atoms with Crippen molar-refractivity contribution in [3.63, 3.8) is 0 Å². The molecule has 2 aromatic heterocycles. The van der Waals surface area contributed by atoms with E-state index in [0.29, 0.717) is 17.5 Å². The van der Waals surface area contributed by atoms with Crippen molar-refractivity contribution < 1.29 is 0 Å². The van der Waals surface area contributed by atoms with Crippen LogP contribution in [0, 0.1) is 27.7 Å². The zero-order valence-electron chi connectivity index (χ0n) is 25.3. The Hall–Kier alpha value is -5.48. The van der Waals surface area contributed by atoms with Crippen molar-refractivity contribution in [2.75, 3.05) is 0 Å². The molecule has 0 spiro atoms. The average molecular weight is 569 g/mol. The van der Waals surface area contributed by atoms with Gasteiger partial charge in [0.25, 0.3) is 0 Å². The molecule has 0 N–H and O–H groups in total. The standard InChI is InChI=1S/C40H32N4/c1-25-15-17-27(3)35(21-25)39-42-38(43-40(44-39)36-22-26(2)16-18-28(36)4)33-13-8-11-31(24-33)30-10-7-12-32(23-30)37-34-14-6-5-9-29(34)19-20-41-37/h5-24H,1-4H3. The molecule has 0 bridgehead atoms. The molecular formula is C40H32N4. The lowest BCUT2D eigenvalue weighted by Gasteiger charge is -2.13. The van der Waals surface area contributed by atoms with Crippen LogP contribution in [0.15, 0.2) is 121 Å². The van der Waals surface area contributed by atoms with E-state index in [1.165, 1.54) is 16.5 Å². The zero-order valence-corrected chi connectivity index (χ0v) is 25.3. The molecule has 0 radical (unpaired) electrons. The Morgan fingerprint density at radius 2 is 0.977 bits per heavy atom. The van der Waals surface area contributed by atoms with Gasteiger partial charge in [-0.15, -0.1) is 0 Å². The van der Waals surface area contributed by atoms with E-state index < -0.39 is 0 Å². The second kappa shape index (κ2) is 11.3. The molecular weight excluding hydrogens is 536 g/mol. The maximum absolute atomic E-state index is 5.06. The predicted octanol–water partition coefficient (Wildman–Crippen LogP) is 9.99. The maximum Gasteiger partial charge on any atom is 0.164 e. The smallest absolute Gasteiger partial charge is 0.164 e. The molecule has 0 saturated carbocycles. The van der Waals surface area contributed by atoms with Crippen molar-refractivity contribution in [2.24, 2.45) is 0 Å². The summed E-state index contributed by atoms with van der Waals surface area (Å²) in [7, 11) is 0. The molecule has 0 aliphatic rings. The Bertz CT molecular complexity index is 2110. The largest absolute Gasteiger partial charge is 0.256 e. The maximum atomic E-state index is 5.06. The summed E-state index contributed by atoms with van der Waals surface area (Å²) in [5.74, 6) is 2.02. The first-order valence-corrected chi connectivity index (χ1v) is 14.9. The summed E-state index contributed by atoms with van der Waals surface area (Å²) in [5, 5.41) is 2.32.